The Kier molecular flexibility index (Phi) is 2.96. The van der Waals surface area contributed by atoms with E-state index in [1.54, 1.807) is 0 Å². The largest absolute Gasteiger partial charge is 0.352 e. The molecule has 1 amide bonds. The Morgan fingerprint density at radius 2 is 2.07 bits per heavy atom. The molecule has 0 heterocycles. The van der Waals surface area contributed by atoms with Crippen molar-refractivity contribution in [2.24, 2.45) is 11.8 Å². The molecule has 2 rings (SSSR count). The third-order valence-corrected chi connectivity index (χ3v) is 3.08. The van der Waals surface area contributed by atoms with Crippen molar-refractivity contribution >= 4 is 17.5 Å². The molecule has 1 saturated carbocycles. The molecular weight excluding hydrogens is 210 g/mol. The molecule has 1 aliphatic carbocycles. The van der Waals surface area contributed by atoms with Gasteiger partial charge < -0.3 is 5.32 Å². The number of rotatable bonds is 3. The predicted octanol–water partition coefficient (Wildman–Crippen LogP) is 2.61. The van der Waals surface area contributed by atoms with E-state index in [2.05, 4.69) is 12.2 Å². The number of hydrogen-bond donors (Lipinski definition) is 1. The molecule has 1 aromatic rings. The summed E-state index contributed by atoms with van der Waals surface area (Å²) in [5, 5.41) is 3.65. The van der Waals surface area contributed by atoms with Crippen LogP contribution in [-0.2, 0) is 11.3 Å². The minimum Gasteiger partial charge on any atom is -0.352 e. The molecule has 1 aromatic carbocycles. The molecule has 0 radical (unpaired) electrons. The maximum Gasteiger partial charge on any atom is 0.223 e. The highest BCUT2D eigenvalue weighted by Crippen LogP contribution is 2.37. The van der Waals surface area contributed by atoms with Crippen LogP contribution in [0.3, 0.4) is 0 Å². The molecule has 1 fully saturated rings. The van der Waals surface area contributed by atoms with E-state index >= 15 is 0 Å². The first-order valence-electron chi connectivity index (χ1n) is 5.19. The van der Waals surface area contributed by atoms with E-state index in [0.29, 0.717) is 12.5 Å². The minimum absolute atomic E-state index is 0.178. The zero-order chi connectivity index (χ0) is 10.8. The summed E-state index contributed by atoms with van der Waals surface area (Å²) in [7, 11) is 0. The fourth-order valence-corrected chi connectivity index (χ4v) is 1.74. The van der Waals surface area contributed by atoms with E-state index < -0.39 is 0 Å². The van der Waals surface area contributed by atoms with E-state index in [9.17, 15) is 4.79 Å². The molecule has 2 unspecified atom stereocenters. The van der Waals surface area contributed by atoms with Crippen LogP contribution in [0.5, 0.6) is 0 Å². The highest BCUT2D eigenvalue weighted by atomic mass is 35.5. The molecule has 0 aromatic heterocycles. The van der Waals surface area contributed by atoms with Gasteiger partial charge in [-0.15, -0.1) is 0 Å². The van der Waals surface area contributed by atoms with Gasteiger partial charge in [0, 0.05) is 17.5 Å². The van der Waals surface area contributed by atoms with Crippen molar-refractivity contribution in [3.63, 3.8) is 0 Å². The molecule has 0 aliphatic heterocycles. The van der Waals surface area contributed by atoms with Crippen LogP contribution in [0.4, 0.5) is 0 Å². The second-order valence-electron chi connectivity index (χ2n) is 4.16. The molecule has 0 spiro atoms. The Morgan fingerprint density at radius 3 is 2.60 bits per heavy atom. The molecule has 1 N–H and O–H groups in total. The predicted molar refractivity (Wildman–Crippen MR) is 60.6 cm³/mol. The van der Waals surface area contributed by atoms with Crippen LogP contribution < -0.4 is 5.32 Å². The Balaban J connectivity index is 1.82. The maximum atomic E-state index is 11.5. The van der Waals surface area contributed by atoms with Gasteiger partial charge in [0.25, 0.3) is 0 Å². The van der Waals surface area contributed by atoms with Crippen molar-refractivity contribution in [2.45, 2.75) is 19.9 Å². The topological polar surface area (TPSA) is 29.1 Å². The molecule has 2 nitrogen and oxygen atoms in total. The number of benzene rings is 1. The Labute approximate surface area is 94.6 Å². The number of halogens is 1. The maximum absolute atomic E-state index is 11.5. The average Bonchev–Trinajstić information content (AvgIpc) is 2.94. The minimum atomic E-state index is 0.178. The van der Waals surface area contributed by atoms with Crippen LogP contribution in [0.2, 0.25) is 5.02 Å². The molecule has 3 heteroatoms. The number of carbonyl (C=O) groups is 1. The van der Waals surface area contributed by atoms with Crippen molar-refractivity contribution < 1.29 is 4.79 Å². The van der Waals surface area contributed by atoms with Gasteiger partial charge in [-0.2, -0.15) is 0 Å². The molecule has 2 atom stereocenters. The lowest BCUT2D eigenvalue weighted by molar-refractivity contribution is -0.122. The summed E-state index contributed by atoms with van der Waals surface area (Å²) < 4.78 is 0. The first-order chi connectivity index (χ1) is 7.16. The third-order valence-electron chi connectivity index (χ3n) is 2.83. The number of carbonyl (C=O) groups excluding carboxylic acids is 1. The quantitative estimate of drug-likeness (QED) is 0.839. The van der Waals surface area contributed by atoms with Gasteiger partial charge in [0.1, 0.15) is 0 Å². The van der Waals surface area contributed by atoms with Crippen molar-refractivity contribution in [1.82, 2.24) is 5.32 Å². The van der Waals surface area contributed by atoms with Crippen LogP contribution in [0.1, 0.15) is 18.9 Å². The van der Waals surface area contributed by atoms with Gasteiger partial charge in [-0.05, 0) is 30.0 Å². The van der Waals surface area contributed by atoms with Gasteiger partial charge in [-0.3, -0.25) is 4.79 Å². The van der Waals surface area contributed by atoms with Crippen molar-refractivity contribution in [3.05, 3.63) is 34.9 Å². The lowest BCUT2D eigenvalue weighted by Crippen LogP contribution is -2.24. The van der Waals surface area contributed by atoms with Crippen molar-refractivity contribution in [2.75, 3.05) is 0 Å². The van der Waals surface area contributed by atoms with Crippen molar-refractivity contribution in [3.8, 4) is 0 Å². The van der Waals surface area contributed by atoms with E-state index in [1.807, 2.05) is 24.3 Å². The first-order valence-corrected chi connectivity index (χ1v) is 5.57. The standard InChI is InChI=1S/C12H14ClNO/c1-8-6-11(8)12(15)14-7-9-2-4-10(13)5-3-9/h2-5,8,11H,6-7H2,1H3,(H,14,15). The fourth-order valence-electron chi connectivity index (χ4n) is 1.61. The van der Waals surface area contributed by atoms with Gasteiger partial charge >= 0.3 is 0 Å². The second-order valence-corrected chi connectivity index (χ2v) is 4.60. The monoisotopic (exact) mass is 223 g/mol. The summed E-state index contributed by atoms with van der Waals surface area (Å²) in [6.07, 6.45) is 1.03. The zero-order valence-electron chi connectivity index (χ0n) is 8.66. The van der Waals surface area contributed by atoms with Crippen LogP contribution >= 0.6 is 11.6 Å². The van der Waals surface area contributed by atoms with Crippen LogP contribution in [0.15, 0.2) is 24.3 Å². The van der Waals surface area contributed by atoms with Crippen LogP contribution in [0.25, 0.3) is 0 Å². The van der Waals surface area contributed by atoms with E-state index in [4.69, 9.17) is 11.6 Å². The molecule has 80 valence electrons. The third kappa shape index (κ3) is 2.72. The summed E-state index contributed by atoms with van der Waals surface area (Å²) >= 11 is 5.77. The summed E-state index contributed by atoms with van der Waals surface area (Å²) in [4.78, 5) is 11.5. The van der Waals surface area contributed by atoms with Crippen molar-refractivity contribution in [1.29, 1.82) is 0 Å². The second kappa shape index (κ2) is 4.23. The van der Waals surface area contributed by atoms with Crippen LogP contribution in [0, 0.1) is 11.8 Å². The molecule has 0 bridgehead atoms. The van der Waals surface area contributed by atoms with E-state index in [-0.39, 0.29) is 11.8 Å². The number of amides is 1. The van der Waals surface area contributed by atoms with Crippen LogP contribution in [-0.4, -0.2) is 5.91 Å². The Morgan fingerprint density at radius 1 is 1.47 bits per heavy atom. The smallest absolute Gasteiger partial charge is 0.223 e. The van der Waals surface area contributed by atoms with E-state index in [1.165, 1.54) is 0 Å². The van der Waals surface area contributed by atoms with E-state index in [0.717, 1.165) is 17.0 Å². The lowest BCUT2D eigenvalue weighted by atomic mass is 10.2. The summed E-state index contributed by atoms with van der Waals surface area (Å²) in [5.74, 6) is 0.991. The highest BCUT2D eigenvalue weighted by Gasteiger charge is 2.38. The van der Waals surface area contributed by atoms with Gasteiger partial charge in [0.05, 0.1) is 0 Å². The van der Waals surface area contributed by atoms with Gasteiger partial charge in [-0.1, -0.05) is 30.7 Å². The van der Waals surface area contributed by atoms with Gasteiger partial charge in [0.15, 0.2) is 0 Å². The first kappa shape index (κ1) is 10.5. The van der Waals surface area contributed by atoms with Gasteiger partial charge in [-0.25, -0.2) is 0 Å². The molecule has 0 saturated heterocycles. The highest BCUT2D eigenvalue weighted by molar-refractivity contribution is 6.30. The zero-order valence-corrected chi connectivity index (χ0v) is 9.42. The molecular formula is C12H14ClNO. The normalized spacial score (nSPS) is 23.6. The lowest BCUT2D eigenvalue weighted by Gasteiger charge is -2.04. The SMILES string of the molecule is CC1CC1C(=O)NCc1ccc(Cl)cc1. The summed E-state index contributed by atoms with van der Waals surface area (Å²) in [6, 6.07) is 7.53. The number of hydrogen-bond acceptors (Lipinski definition) is 1. The number of nitrogens with one attached hydrogen (secondary N) is 1. The van der Waals surface area contributed by atoms with Gasteiger partial charge in [0.2, 0.25) is 5.91 Å². The molecule has 15 heavy (non-hydrogen) atoms. The Bertz CT molecular complexity index is 360. The summed E-state index contributed by atoms with van der Waals surface area (Å²) in [6.45, 7) is 2.70. The average molecular weight is 224 g/mol. The summed E-state index contributed by atoms with van der Waals surface area (Å²) in [5.41, 5.74) is 1.08. The molecule has 1 aliphatic rings. The fraction of sp³-hybridized carbons (Fsp3) is 0.417. The Hall–Kier alpha value is -1.02.